The number of carbonyl (C=O) groups is 2. The summed E-state index contributed by atoms with van der Waals surface area (Å²) in [6, 6.07) is 7.09. The third-order valence-electron chi connectivity index (χ3n) is 2.82. The van der Waals surface area contributed by atoms with Crippen LogP contribution in [0.3, 0.4) is 0 Å². The molecule has 3 N–H and O–H groups in total. The van der Waals surface area contributed by atoms with Crippen LogP contribution < -0.4 is 5.32 Å². The molecule has 1 aliphatic rings. The summed E-state index contributed by atoms with van der Waals surface area (Å²) < 4.78 is 0. The first-order valence-corrected chi connectivity index (χ1v) is 8.71. The number of thioether (sulfide) groups is 1. The van der Waals surface area contributed by atoms with Gasteiger partial charge in [-0.2, -0.15) is 0 Å². The molecule has 0 aromatic heterocycles. The van der Waals surface area contributed by atoms with Gasteiger partial charge in [0.1, 0.15) is 11.0 Å². The first-order valence-electron chi connectivity index (χ1n) is 7.83. The molecule has 0 saturated carbocycles. The molecule has 2 rings (SSSR count). The van der Waals surface area contributed by atoms with Gasteiger partial charge in [0.2, 0.25) is 5.91 Å². The molecular formula is C18H26N2O4S. The number of benzene rings is 1. The van der Waals surface area contributed by atoms with Crippen molar-refractivity contribution in [1.29, 1.82) is 0 Å². The number of aromatic hydroxyl groups is 1. The largest absolute Gasteiger partial charge is 0.508 e. The normalized spacial score (nSPS) is 16.8. The summed E-state index contributed by atoms with van der Waals surface area (Å²) in [5.41, 5.74) is 1.17. The van der Waals surface area contributed by atoms with Crippen molar-refractivity contribution in [3.05, 3.63) is 40.9 Å². The van der Waals surface area contributed by atoms with E-state index in [4.69, 9.17) is 10.2 Å². The Labute approximate surface area is 153 Å². The molecular weight excluding hydrogens is 340 g/mol. The minimum Gasteiger partial charge on any atom is -0.508 e. The fourth-order valence-electron chi connectivity index (χ4n) is 1.65. The molecule has 1 fully saturated rings. The number of carboxylic acid groups (broad SMARTS) is 1. The van der Waals surface area contributed by atoms with Crippen LogP contribution in [0.2, 0.25) is 0 Å². The van der Waals surface area contributed by atoms with E-state index in [1.165, 1.54) is 17.3 Å². The summed E-state index contributed by atoms with van der Waals surface area (Å²) >= 11 is 1.31. The van der Waals surface area contributed by atoms with Crippen molar-refractivity contribution in [3.63, 3.8) is 0 Å². The highest BCUT2D eigenvalue weighted by Gasteiger charge is 2.30. The van der Waals surface area contributed by atoms with E-state index in [1.54, 1.807) is 19.2 Å². The van der Waals surface area contributed by atoms with Gasteiger partial charge in [-0.05, 0) is 32.2 Å². The predicted octanol–water partition coefficient (Wildman–Crippen LogP) is 3.35. The molecule has 138 valence electrons. The number of hydrogen-bond donors (Lipinski definition) is 3. The number of nitrogens with zero attached hydrogens (tertiary/aromatic N) is 1. The van der Waals surface area contributed by atoms with E-state index in [9.17, 15) is 9.59 Å². The smallest absolute Gasteiger partial charge is 0.305 e. The highest BCUT2D eigenvalue weighted by atomic mass is 32.2. The number of hydrogen-bond acceptors (Lipinski definition) is 5. The molecule has 1 unspecified atom stereocenters. The van der Waals surface area contributed by atoms with Gasteiger partial charge in [-0.15, -0.1) is 0 Å². The monoisotopic (exact) mass is 366 g/mol. The number of nitrogens with one attached hydrogen (secondary N) is 1. The molecule has 25 heavy (non-hydrogen) atoms. The van der Waals surface area contributed by atoms with E-state index in [-0.39, 0.29) is 12.3 Å². The number of phenolic OH excluding ortho intramolecular Hbond substituents is 1. The van der Waals surface area contributed by atoms with Crippen LogP contribution in [0.1, 0.15) is 31.7 Å². The number of unbranched alkanes of at least 4 members (excludes halogenated alkanes) is 1. The van der Waals surface area contributed by atoms with Gasteiger partial charge < -0.3 is 20.5 Å². The summed E-state index contributed by atoms with van der Waals surface area (Å²) in [4.78, 5) is 24.9. The van der Waals surface area contributed by atoms with Crippen LogP contribution in [-0.4, -0.2) is 41.1 Å². The Morgan fingerprint density at radius 1 is 1.40 bits per heavy atom. The fourth-order valence-corrected chi connectivity index (χ4v) is 2.72. The standard InChI is InChI=1S/C9H13NO3S.C7H8O.C2H5N/c1-2-3-4-7-10-9(13)6(14-7)5-8(11)12;1-6-2-4-7(8)5-3-6;1-3-2/h4,6H,2-3,5H2,1H3,(H,10,13)(H,11,12);2-5,8H,1H3;1H2,2H3/b7-4-;;. The summed E-state index contributed by atoms with van der Waals surface area (Å²) in [6.45, 7) is 7.15. The summed E-state index contributed by atoms with van der Waals surface area (Å²) in [7, 11) is 1.64. The van der Waals surface area contributed by atoms with Gasteiger partial charge in [-0.3, -0.25) is 9.59 Å². The van der Waals surface area contributed by atoms with Crippen molar-refractivity contribution in [2.75, 3.05) is 7.05 Å². The van der Waals surface area contributed by atoms with Gasteiger partial charge in [0.15, 0.2) is 0 Å². The zero-order valence-corrected chi connectivity index (χ0v) is 15.7. The number of aliphatic carboxylic acids is 1. The number of allylic oxidation sites excluding steroid dienone is 1. The van der Waals surface area contributed by atoms with Gasteiger partial charge in [0, 0.05) is 7.05 Å². The molecule has 1 heterocycles. The zero-order chi connectivity index (χ0) is 19.2. The Kier molecular flexibility index (Phi) is 11.9. The van der Waals surface area contributed by atoms with Crippen LogP contribution >= 0.6 is 11.8 Å². The number of rotatable bonds is 4. The van der Waals surface area contributed by atoms with Crippen LogP contribution in [-0.2, 0) is 9.59 Å². The van der Waals surface area contributed by atoms with Crippen molar-refractivity contribution in [2.45, 2.75) is 38.4 Å². The van der Waals surface area contributed by atoms with Crippen molar-refractivity contribution >= 4 is 30.4 Å². The molecule has 1 aliphatic heterocycles. The SMILES string of the molecule is C=NC.CCC/C=C1/NC(=O)C(CC(=O)O)S1.Cc1ccc(O)cc1. The van der Waals surface area contributed by atoms with Gasteiger partial charge in [0.25, 0.3) is 0 Å². The molecule has 0 aliphatic carbocycles. The molecule has 1 aromatic carbocycles. The predicted molar refractivity (Wildman–Crippen MR) is 103 cm³/mol. The average Bonchev–Trinajstić information content (AvgIpc) is 2.89. The third kappa shape index (κ3) is 11.0. The summed E-state index contributed by atoms with van der Waals surface area (Å²) in [5, 5.41) is 20.3. The second kappa shape index (κ2) is 13.1. The van der Waals surface area contributed by atoms with E-state index >= 15 is 0 Å². The maximum atomic E-state index is 11.2. The molecule has 6 nitrogen and oxygen atoms in total. The van der Waals surface area contributed by atoms with Gasteiger partial charge in [-0.25, -0.2) is 0 Å². The van der Waals surface area contributed by atoms with Crippen LogP contribution in [0, 0.1) is 6.92 Å². The number of phenols is 1. The molecule has 1 amide bonds. The highest BCUT2D eigenvalue weighted by Crippen LogP contribution is 2.29. The van der Waals surface area contributed by atoms with Crippen LogP contribution in [0.5, 0.6) is 5.75 Å². The Hall–Kier alpha value is -2.28. The number of aryl methyl sites for hydroxylation is 1. The second-order valence-electron chi connectivity index (χ2n) is 5.20. The zero-order valence-electron chi connectivity index (χ0n) is 14.9. The molecule has 1 atom stereocenters. The van der Waals surface area contributed by atoms with Crippen molar-refractivity contribution in [2.24, 2.45) is 4.99 Å². The maximum absolute atomic E-state index is 11.2. The lowest BCUT2D eigenvalue weighted by Crippen LogP contribution is -2.24. The van der Waals surface area contributed by atoms with Crippen LogP contribution in [0.25, 0.3) is 0 Å². The van der Waals surface area contributed by atoms with E-state index in [1.807, 2.05) is 32.1 Å². The van der Waals surface area contributed by atoms with Crippen LogP contribution in [0.4, 0.5) is 0 Å². The Morgan fingerprint density at radius 2 is 1.96 bits per heavy atom. The van der Waals surface area contributed by atoms with E-state index in [0.29, 0.717) is 5.75 Å². The average molecular weight is 366 g/mol. The highest BCUT2D eigenvalue weighted by molar-refractivity contribution is 8.04. The van der Waals surface area contributed by atoms with Gasteiger partial charge in [-0.1, -0.05) is 48.9 Å². The molecule has 7 heteroatoms. The van der Waals surface area contributed by atoms with E-state index in [0.717, 1.165) is 17.9 Å². The molecule has 0 spiro atoms. The van der Waals surface area contributed by atoms with Crippen LogP contribution in [0.15, 0.2) is 40.4 Å². The summed E-state index contributed by atoms with van der Waals surface area (Å²) in [6.07, 6.45) is 3.75. The van der Waals surface area contributed by atoms with Crippen molar-refractivity contribution in [1.82, 2.24) is 5.32 Å². The lowest BCUT2D eigenvalue weighted by Gasteiger charge is -1.98. The minimum absolute atomic E-state index is 0.111. The molecule has 0 radical (unpaired) electrons. The van der Waals surface area contributed by atoms with E-state index < -0.39 is 11.2 Å². The molecule has 1 aromatic rings. The molecule has 0 bridgehead atoms. The fraction of sp³-hybridized carbons (Fsp3) is 0.389. The number of amides is 1. The number of carboxylic acids is 1. The molecule has 1 saturated heterocycles. The Bertz CT molecular complexity index is 564. The number of aliphatic imine (C=N–C) groups is 1. The lowest BCUT2D eigenvalue weighted by atomic mass is 10.2. The summed E-state index contributed by atoms with van der Waals surface area (Å²) in [5.74, 6) is -0.801. The minimum atomic E-state index is -0.936. The van der Waals surface area contributed by atoms with E-state index in [2.05, 4.69) is 17.0 Å². The Balaban J connectivity index is 0.000000440. The maximum Gasteiger partial charge on any atom is 0.305 e. The quantitative estimate of drug-likeness (QED) is 0.710. The lowest BCUT2D eigenvalue weighted by molar-refractivity contribution is -0.138. The first kappa shape index (κ1) is 22.7. The first-order chi connectivity index (χ1) is 11.8. The van der Waals surface area contributed by atoms with Gasteiger partial charge in [0.05, 0.1) is 11.4 Å². The van der Waals surface area contributed by atoms with Crippen molar-refractivity contribution < 1.29 is 19.8 Å². The van der Waals surface area contributed by atoms with Gasteiger partial charge >= 0.3 is 5.97 Å². The number of carbonyl (C=O) groups excluding carboxylic acids is 1. The second-order valence-corrected chi connectivity index (χ2v) is 6.45. The van der Waals surface area contributed by atoms with Crippen molar-refractivity contribution in [3.8, 4) is 5.75 Å². The third-order valence-corrected chi connectivity index (χ3v) is 4.01. The topological polar surface area (TPSA) is 99.0 Å². The Morgan fingerprint density at radius 3 is 2.40 bits per heavy atom.